The second kappa shape index (κ2) is 10.4. The summed E-state index contributed by atoms with van der Waals surface area (Å²) in [4.78, 5) is 24.9. The number of fused-ring (bicyclic) bond motifs is 1. The zero-order chi connectivity index (χ0) is 28.8. The summed E-state index contributed by atoms with van der Waals surface area (Å²) in [5.41, 5.74) is -0.289. The summed E-state index contributed by atoms with van der Waals surface area (Å²) in [6.45, 7) is 3.91. The van der Waals surface area contributed by atoms with Crippen molar-refractivity contribution in [1.29, 1.82) is 0 Å². The Kier molecular flexibility index (Phi) is 7.47. The van der Waals surface area contributed by atoms with E-state index >= 15 is 0 Å². The molecule has 1 saturated heterocycles. The van der Waals surface area contributed by atoms with Crippen LogP contribution < -0.4 is 10.2 Å². The molecule has 2 heterocycles. The summed E-state index contributed by atoms with van der Waals surface area (Å²) < 4.78 is 16.2. The van der Waals surface area contributed by atoms with Gasteiger partial charge in [0.15, 0.2) is 29.1 Å². The van der Waals surface area contributed by atoms with E-state index in [4.69, 9.17) is 13.9 Å². The van der Waals surface area contributed by atoms with Gasteiger partial charge in [-0.05, 0) is 43.0 Å². The molecule has 8 N–H and O–H groups in total. The molecule has 13 nitrogen and oxygen atoms in total. The number of hydrogen-bond donors (Lipinski definition) is 8. The number of carboxylic acids is 1. The SMILES string of the molecule is CC(C)CCc1c(-c2ccc(O)cc2)oc2cc(O[C@@H]3O[C@H](C(=O)O)[C@@H](O)C(O)(O)[C@H]3O)c(O)c(O)c2c1=O. The molecule has 0 aliphatic carbocycles. The van der Waals surface area contributed by atoms with Gasteiger partial charge in [0.05, 0.1) is 0 Å². The van der Waals surface area contributed by atoms with Gasteiger partial charge < -0.3 is 54.7 Å². The molecule has 4 rings (SSSR count). The Labute approximate surface area is 220 Å². The second-order valence-electron chi connectivity index (χ2n) is 9.72. The normalized spacial score (nSPS) is 22.7. The van der Waals surface area contributed by atoms with Crippen LogP contribution in [0.2, 0.25) is 0 Å². The van der Waals surface area contributed by atoms with Crippen LogP contribution in [0.15, 0.2) is 39.5 Å². The molecule has 1 aliphatic rings. The molecule has 0 saturated carbocycles. The number of benzene rings is 2. The van der Waals surface area contributed by atoms with Gasteiger partial charge in [0.2, 0.25) is 17.8 Å². The summed E-state index contributed by atoms with van der Waals surface area (Å²) >= 11 is 0. The molecule has 0 bridgehead atoms. The maximum absolute atomic E-state index is 13.5. The third kappa shape index (κ3) is 5.10. The number of aliphatic carboxylic acids is 1. The minimum Gasteiger partial charge on any atom is -0.508 e. The van der Waals surface area contributed by atoms with Crippen molar-refractivity contribution in [1.82, 2.24) is 0 Å². The van der Waals surface area contributed by atoms with E-state index < -0.39 is 59.0 Å². The highest BCUT2D eigenvalue weighted by molar-refractivity contribution is 5.90. The van der Waals surface area contributed by atoms with Crippen molar-refractivity contribution in [2.75, 3.05) is 0 Å². The highest BCUT2D eigenvalue weighted by Crippen LogP contribution is 2.44. The highest BCUT2D eigenvalue weighted by Gasteiger charge is 2.58. The van der Waals surface area contributed by atoms with Gasteiger partial charge in [-0.1, -0.05) is 13.8 Å². The first kappa shape index (κ1) is 28.1. The summed E-state index contributed by atoms with van der Waals surface area (Å²) in [6.07, 6.45) is -8.45. The van der Waals surface area contributed by atoms with Gasteiger partial charge in [-0.2, -0.15) is 0 Å². The number of phenolic OH excluding ortho intramolecular Hbond substituents is 3. The lowest BCUT2D eigenvalue weighted by molar-refractivity contribution is -0.369. The van der Waals surface area contributed by atoms with Crippen LogP contribution in [0.25, 0.3) is 22.3 Å². The Hall–Kier alpha value is -3.88. The number of rotatable bonds is 7. The summed E-state index contributed by atoms with van der Waals surface area (Å²) in [7, 11) is 0. The van der Waals surface area contributed by atoms with Crippen LogP contribution >= 0.6 is 0 Å². The predicted octanol–water partition coefficient (Wildman–Crippen LogP) is 0.756. The molecule has 1 aromatic heterocycles. The number of carboxylic acid groups (broad SMARTS) is 1. The van der Waals surface area contributed by atoms with Crippen LogP contribution in [0, 0.1) is 5.92 Å². The van der Waals surface area contributed by atoms with Gasteiger partial charge in [-0.3, -0.25) is 4.79 Å². The third-order valence-electron chi connectivity index (χ3n) is 6.47. The molecule has 0 radical (unpaired) electrons. The van der Waals surface area contributed by atoms with E-state index in [1.165, 1.54) is 24.3 Å². The minimum absolute atomic E-state index is 0.0245. The Morgan fingerprint density at radius 3 is 2.28 bits per heavy atom. The molecule has 1 fully saturated rings. The molecule has 39 heavy (non-hydrogen) atoms. The molecule has 0 spiro atoms. The summed E-state index contributed by atoms with van der Waals surface area (Å²) in [5, 5.41) is 80.1. The monoisotopic (exact) mass is 548 g/mol. The van der Waals surface area contributed by atoms with Crippen molar-refractivity contribution in [3.05, 3.63) is 46.1 Å². The van der Waals surface area contributed by atoms with Crippen LogP contribution in [0.5, 0.6) is 23.0 Å². The van der Waals surface area contributed by atoms with E-state index in [1.807, 2.05) is 13.8 Å². The molecule has 2 aromatic carbocycles. The van der Waals surface area contributed by atoms with Gasteiger partial charge in [0, 0.05) is 17.2 Å². The van der Waals surface area contributed by atoms with Crippen molar-refractivity contribution >= 4 is 16.9 Å². The zero-order valence-corrected chi connectivity index (χ0v) is 20.8. The van der Waals surface area contributed by atoms with Gasteiger partial charge in [-0.15, -0.1) is 0 Å². The first-order valence-corrected chi connectivity index (χ1v) is 11.9. The van der Waals surface area contributed by atoms with E-state index in [9.17, 15) is 50.4 Å². The van der Waals surface area contributed by atoms with E-state index in [0.29, 0.717) is 12.0 Å². The molecule has 0 amide bonds. The van der Waals surface area contributed by atoms with Gasteiger partial charge in [0.1, 0.15) is 28.6 Å². The van der Waals surface area contributed by atoms with Crippen molar-refractivity contribution < 1.29 is 59.5 Å². The lowest BCUT2D eigenvalue weighted by Gasteiger charge is -2.43. The molecule has 3 aromatic rings. The van der Waals surface area contributed by atoms with Crippen LogP contribution in [0.1, 0.15) is 25.8 Å². The van der Waals surface area contributed by atoms with Gasteiger partial charge in [0.25, 0.3) is 0 Å². The number of aliphatic hydroxyl groups is 4. The lowest BCUT2D eigenvalue weighted by Crippen LogP contribution is -2.69. The first-order chi connectivity index (χ1) is 18.2. The largest absolute Gasteiger partial charge is 0.508 e. The third-order valence-corrected chi connectivity index (χ3v) is 6.47. The maximum Gasteiger partial charge on any atom is 0.335 e. The van der Waals surface area contributed by atoms with Crippen LogP contribution in [-0.4, -0.2) is 77.2 Å². The Balaban J connectivity index is 1.85. The molecule has 0 unspecified atom stereocenters. The topological polar surface area (TPSA) is 228 Å². The average molecular weight is 548 g/mol. The average Bonchev–Trinajstić information content (AvgIpc) is 2.86. The van der Waals surface area contributed by atoms with Gasteiger partial charge >= 0.3 is 5.97 Å². The van der Waals surface area contributed by atoms with Crippen molar-refractivity contribution in [3.63, 3.8) is 0 Å². The van der Waals surface area contributed by atoms with E-state index in [0.717, 1.165) is 6.07 Å². The zero-order valence-electron chi connectivity index (χ0n) is 20.8. The lowest BCUT2D eigenvalue weighted by atomic mass is 9.95. The molecule has 210 valence electrons. The van der Waals surface area contributed by atoms with Crippen molar-refractivity contribution in [2.45, 2.75) is 57.1 Å². The number of aromatic hydroxyl groups is 3. The molecule has 1 aliphatic heterocycles. The fourth-order valence-electron chi connectivity index (χ4n) is 4.23. The minimum atomic E-state index is -3.38. The molecule has 13 heteroatoms. The summed E-state index contributed by atoms with van der Waals surface area (Å²) in [5.74, 6) is -7.50. The Morgan fingerprint density at radius 1 is 1.05 bits per heavy atom. The number of hydrogen-bond acceptors (Lipinski definition) is 12. The first-order valence-electron chi connectivity index (χ1n) is 11.9. The van der Waals surface area contributed by atoms with Crippen LogP contribution in [0.4, 0.5) is 0 Å². The standard InChI is InChI=1S/C26H28O13/c1-10(2)3-8-13-17(28)16-14(37-20(13)11-4-6-12(27)7-5-11)9-15(18(29)19(16)30)38-25-23(32)26(35,36)22(31)21(39-25)24(33)34/h4-7,9-10,21-23,25,27,29-32,35-36H,3,8H2,1-2H3,(H,33,34)/t21-,22+,23-,25+/m0/s1. The number of phenols is 3. The molecular weight excluding hydrogens is 520 g/mol. The number of aliphatic hydroxyl groups excluding tert-OH is 2. The number of carbonyl (C=O) groups is 1. The van der Waals surface area contributed by atoms with E-state index in [2.05, 4.69) is 0 Å². The smallest absolute Gasteiger partial charge is 0.335 e. The maximum atomic E-state index is 13.5. The van der Waals surface area contributed by atoms with Gasteiger partial charge in [-0.25, -0.2) is 4.79 Å². The van der Waals surface area contributed by atoms with E-state index in [-0.39, 0.29) is 40.4 Å². The molecule has 4 atom stereocenters. The fourth-order valence-corrected chi connectivity index (χ4v) is 4.23. The van der Waals surface area contributed by atoms with Crippen molar-refractivity contribution in [3.8, 4) is 34.3 Å². The number of ether oxygens (including phenoxy) is 2. The Bertz CT molecular complexity index is 1440. The van der Waals surface area contributed by atoms with Crippen molar-refractivity contribution in [2.24, 2.45) is 5.92 Å². The van der Waals surface area contributed by atoms with Crippen LogP contribution in [0.3, 0.4) is 0 Å². The summed E-state index contributed by atoms with van der Waals surface area (Å²) in [6, 6.07) is 6.78. The predicted molar refractivity (Wildman–Crippen MR) is 132 cm³/mol. The van der Waals surface area contributed by atoms with E-state index in [1.54, 1.807) is 0 Å². The second-order valence-corrected chi connectivity index (χ2v) is 9.72. The molecular formula is C26H28O13. The van der Waals surface area contributed by atoms with Crippen LogP contribution in [-0.2, 0) is 16.0 Å². The quantitative estimate of drug-likeness (QED) is 0.151. The fraction of sp³-hybridized carbons (Fsp3) is 0.385. The highest BCUT2D eigenvalue weighted by atomic mass is 16.7. The Morgan fingerprint density at radius 2 is 1.69 bits per heavy atom.